The van der Waals surface area contributed by atoms with E-state index in [1.807, 2.05) is 0 Å². The van der Waals surface area contributed by atoms with Crippen LogP contribution < -0.4 is 4.90 Å². The molecule has 2 aromatic rings. The Kier molecular flexibility index (Phi) is 5.54. The number of anilines is 1. The fraction of sp³-hybridized carbons (Fsp3) is 0.286. The molecule has 124 valence electrons. The van der Waals surface area contributed by atoms with Gasteiger partial charge in [-0.15, -0.1) is 11.3 Å². The van der Waals surface area contributed by atoms with Crippen molar-refractivity contribution in [1.82, 2.24) is 4.98 Å². The van der Waals surface area contributed by atoms with Crippen LogP contribution in [0.3, 0.4) is 0 Å². The number of thiazole rings is 1. The van der Waals surface area contributed by atoms with E-state index in [0.29, 0.717) is 21.2 Å². The zero-order valence-corrected chi connectivity index (χ0v) is 14.2. The fourth-order valence-corrected chi connectivity index (χ4v) is 2.97. The molecule has 0 atom stereocenters. The van der Waals surface area contributed by atoms with Crippen molar-refractivity contribution >= 4 is 45.6 Å². The molecule has 0 fully saturated rings. The molecule has 1 aromatic heterocycles. The second kappa shape index (κ2) is 7.07. The topological polar surface area (TPSA) is 33.2 Å². The zero-order chi connectivity index (χ0) is 17.2. The number of nitrogens with zero attached hydrogens (tertiary/aromatic N) is 2. The number of aromatic nitrogens is 1. The lowest BCUT2D eigenvalue weighted by Gasteiger charge is -2.21. The highest BCUT2D eigenvalue weighted by molar-refractivity contribution is 7.14. The van der Waals surface area contributed by atoms with Crippen LogP contribution in [-0.2, 0) is 11.2 Å². The van der Waals surface area contributed by atoms with Crippen LogP contribution >= 0.6 is 34.5 Å². The Morgan fingerprint density at radius 2 is 2.00 bits per heavy atom. The first-order valence-electron chi connectivity index (χ1n) is 6.39. The van der Waals surface area contributed by atoms with Gasteiger partial charge in [0, 0.05) is 5.38 Å². The highest BCUT2D eigenvalue weighted by atomic mass is 35.5. The number of alkyl halides is 3. The van der Waals surface area contributed by atoms with Crippen LogP contribution in [0, 0.1) is 6.92 Å². The summed E-state index contributed by atoms with van der Waals surface area (Å²) in [5.41, 5.74) is 1.03. The van der Waals surface area contributed by atoms with E-state index in [-0.39, 0.29) is 16.6 Å². The lowest BCUT2D eigenvalue weighted by molar-refractivity contribution is -0.132. The minimum atomic E-state index is -4.52. The number of rotatable bonds is 4. The highest BCUT2D eigenvalue weighted by Crippen LogP contribution is 2.27. The minimum absolute atomic E-state index is 0.0184. The molecule has 0 unspecified atom stereocenters. The number of carbonyl (C=O) groups excluding carboxylic acids is 1. The van der Waals surface area contributed by atoms with Crippen molar-refractivity contribution in [2.45, 2.75) is 19.5 Å². The van der Waals surface area contributed by atoms with Crippen LogP contribution in [0.5, 0.6) is 0 Å². The van der Waals surface area contributed by atoms with Gasteiger partial charge in [-0.05, 0) is 24.6 Å². The Morgan fingerprint density at radius 3 is 2.52 bits per heavy atom. The highest BCUT2D eigenvalue weighted by Gasteiger charge is 2.35. The molecular formula is C14H11Cl2F3N2OS. The molecule has 1 amide bonds. The average molecular weight is 383 g/mol. The first kappa shape index (κ1) is 18.0. The first-order chi connectivity index (χ1) is 10.7. The van der Waals surface area contributed by atoms with Crippen molar-refractivity contribution in [3.05, 3.63) is 44.9 Å². The normalized spacial score (nSPS) is 11.6. The van der Waals surface area contributed by atoms with Gasteiger partial charge in [0.05, 0.1) is 22.2 Å². The number of hydrogen-bond donors (Lipinski definition) is 0. The van der Waals surface area contributed by atoms with E-state index in [4.69, 9.17) is 23.2 Å². The Balaban J connectivity index is 2.23. The summed E-state index contributed by atoms with van der Waals surface area (Å²) in [6.07, 6.45) is -4.75. The molecule has 3 nitrogen and oxygen atoms in total. The van der Waals surface area contributed by atoms with Gasteiger partial charge in [0.1, 0.15) is 6.54 Å². The van der Waals surface area contributed by atoms with Crippen LogP contribution in [-0.4, -0.2) is 23.6 Å². The Labute approximate surface area is 144 Å². The SMILES string of the molecule is Cc1csc(N(CC(F)(F)F)C(=O)Cc2ccc(Cl)c(Cl)c2)n1. The third-order valence-electron chi connectivity index (χ3n) is 2.82. The summed E-state index contributed by atoms with van der Waals surface area (Å²) in [5, 5.41) is 2.16. The third-order valence-corrected chi connectivity index (χ3v) is 4.54. The monoisotopic (exact) mass is 382 g/mol. The van der Waals surface area contributed by atoms with Crippen LogP contribution in [0.1, 0.15) is 11.3 Å². The number of halogens is 5. The molecule has 1 heterocycles. The number of amides is 1. The van der Waals surface area contributed by atoms with E-state index in [1.165, 1.54) is 12.1 Å². The van der Waals surface area contributed by atoms with Crippen LogP contribution in [0.4, 0.5) is 18.3 Å². The summed E-state index contributed by atoms with van der Waals surface area (Å²) < 4.78 is 38.3. The molecule has 1 aromatic carbocycles. The summed E-state index contributed by atoms with van der Waals surface area (Å²) in [6.45, 7) is 0.259. The zero-order valence-electron chi connectivity index (χ0n) is 11.8. The van der Waals surface area contributed by atoms with Crippen LogP contribution in [0.25, 0.3) is 0 Å². The molecule has 0 saturated heterocycles. The predicted molar refractivity (Wildman–Crippen MR) is 85.4 cm³/mol. The molecule has 0 aliphatic heterocycles. The van der Waals surface area contributed by atoms with Crippen molar-refractivity contribution in [1.29, 1.82) is 0 Å². The fourth-order valence-electron chi connectivity index (χ4n) is 1.83. The van der Waals surface area contributed by atoms with Gasteiger partial charge in [0.15, 0.2) is 5.13 Å². The van der Waals surface area contributed by atoms with E-state index in [0.717, 1.165) is 11.3 Å². The maximum absolute atomic E-state index is 12.8. The first-order valence-corrected chi connectivity index (χ1v) is 8.02. The molecule has 0 aliphatic rings. The van der Waals surface area contributed by atoms with Gasteiger partial charge in [-0.2, -0.15) is 13.2 Å². The third kappa shape index (κ3) is 5.09. The van der Waals surface area contributed by atoms with E-state index < -0.39 is 18.6 Å². The van der Waals surface area contributed by atoms with Gasteiger partial charge in [-0.25, -0.2) is 4.98 Å². The summed E-state index contributed by atoms with van der Waals surface area (Å²) in [5.74, 6) is -0.713. The number of hydrogen-bond acceptors (Lipinski definition) is 3. The van der Waals surface area contributed by atoms with Crippen molar-refractivity contribution in [3.63, 3.8) is 0 Å². The molecule has 0 spiro atoms. The van der Waals surface area contributed by atoms with Crippen molar-refractivity contribution in [3.8, 4) is 0 Å². The van der Waals surface area contributed by atoms with Gasteiger partial charge in [-0.1, -0.05) is 29.3 Å². The van der Waals surface area contributed by atoms with Crippen molar-refractivity contribution in [2.75, 3.05) is 11.4 Å². The molecule has 0 aliphatic carbocycles. The lowest BCUT2D eigenvalue weighted by Crippen LogP contribution is -2.40. The Morgan fingerprint density at radius 1 is 1.30 bits per heavy atom. The summed E-state index contributed by atoms with van der Waals surface area (Å²) >= 11 is 12.6. The van der Waals surface area contributed by atoms with Crippen molar-refractivity contribution < 1.29 is 18.0 Å². The predicted octanol–water partition coefficient (Wildman–Crippen LogP) is 4.90. The molecule has 0 radical (unpaired) electrons. The van der Waals surface area contributed by atoms with Gasteiger partial charge in [0.25, 0.3) is 0 Å². The van der Waals surface area contributed by atoms with Gasteiger partial charge < -0.3 is 0 Å². The van der Waals surface area contributed by atoms with E-state index in [9.17, 15) is 18.0 Å². The standard InChI is InChI=1S/C14H11Cl2F3N2OS/c1-8-6-23-13(20-8)21(7-14(17,18)19)12(22)5-9-2-3-10(15)11(16)4-9/h2-4,6H,5,7H2,1H3. The molecule has 0 bridgehead atoms. The molecule has 0 N–H and O–H groups in total. The average Bonchev–Trinajstić information content (AvgIpc) is 2.85. The Hall–Kier alpha value is -1.31. The largest absolute Gasteiger partial charge is 0.406 e. The number of aryl methyl sites for hydroxylation is 1. The summed E-state index contributed by atoms with van der Waals surface area (Å²) in [7, 11) is 0. The van der Waals surface area contributed by atoms with E-state index in [1.54, 1.807) is 18.4 Å². The summed E-state index contributed by atoms with van der Waals surface area (Å²) in [6, 6.07) is 4.50. The maximum atomic E-state index is 12.8. The second-order valence-corrected chi connectivity index (χ2v) is 6.44. The molecule has 2 rings (SSSR count). The molecule has 23 heavy (non-hydrogen) atoms. The molecule has 9 heteroatoms. The van der Waals surface area contributed by atoms with Crippen LogP contribution in [0.2, 0.25) is 10.0 Å². The smallest absolute Gasteiger partial charge is 0.279 e. The van der Waals surface area contributed by atoms with Gasteiger partial charge in [-0.3, -0.25) is 9.69 Å². The van der Waals surface area contributed by atoms with Gasteiger partial charge in [0.2, 0.25) is 5.91 Å². The quantitative estimate of drug-likeness (QED) is 0.753. The second-order valence-electron chi connectivity index (χ2n) is 4.79. The van der Waals surface area contributed by atoms with Crippen molar-refractivity contribution in [2.24, 2.45) is 0 Å². The lowest BCUT2D eigenvalue weighted by atomic mass is 10.1. The molecular weight excluding hydrogens is 372 g/mol. The number of benzene rings is 1. The van der Waals surface area contributed by atoms with E-state index in [2.05, 4.69) is 4.98 Å². The maximum Gasteiger partial charge on any atom is 0.406 e. The van der Waals surface area contributed by atoms with Crippen LogP contribution in [0.15, 0.2) is 23.6 Å². The van der Waals surface area contributed by atoms with Gasteiger partial charge >= 0.3 is 6.18 Å². The minimum Gasteiger partial charge on any atom is -0.279 e. The molecule has 0 saturated carbocycles. The summed E-state index contributed by atoms with van der Waals surface area (Å²) in [4.78, 5) is 16.9. The number of carbonyl (C=O) groups is 1. The van der Waals surface area contributed by atoms with E-state index >= 15 is 0 Å². The Bertz CT molecular complexity index is 718.